The lowest BCUT2D eigenvalue weighted by molar-refractivity contribution is 0.219. The Hall–Kier alpha value is -1.06. The van der Waals surface area contributed by atoms with Gasteiger partial charge in [-0.15, -0.1) is 0 Å². The number of halogens is 2. The van der Waals surface area contributed by atoms with Crippen LogP contribution in [0.15, 0.2) is 30.0 Å². The largest absolute Gasteiger partial charge is 0.501 e. The van der Waals surface area contributed by atoms with Crippen molar-refractivity contribution in [3.63, 3.8) is 0 Å². The smallest absolute Gasteiger partial charge is 0.129 e. The molecule has 1 heterocycles. The minimum Gasteiger partial charge on any atom is -0.501 e. The molecule has 1 unspecified atom stereocenters. The Balaban J connectivity index is 2.31. The van der Waals surface area contributed by atoms with Gasteiger partial charge in [-0.2, -0.15) is 0 Å². The maximum Gasteiger partial charge on any atom is 0.129 e. The zero-order valence-electron chi connectivity index (χ0n) is 9.67. The lowest BCUT2D eigenvalue weighted by Crippen LogP contribution is -2.21. The molecule has 4 heteroatoms. The lowest BCUT2D eigenvalue weighted by Gasteiger charge is -2.23. The van der Waals surface area contributed by atoms with Crippen LogP contribution in [0.2, 0.25) is 5.02 Å². The van der Waals surface area contributed by atoms with Gasteiger partial charge in [0.25, 0.3) is 0 Å². The Morgan fingerprint density at radius 1 is 1.47 bits per heavy atom. The predicted molar refractivity (Wildman–Crippen MR) is 66.5 cm³/mol. The highest BCUT2D eigenvalue weighted by Gasteiger charge is 2.20. The quantitative estimate of drug-likeness (QED) is 0.894. The summed E-state index contributed by atoms with van der Waals surface area (Å²) in [7, 11) is 1.81. The van der Waals surface area contributed by atoms with Crippen LogP contribution in [0.1, 0.15) is 24.4 Å². The van der Waals surface area contributed by atoms with E-state index in [0.29, 0.717) is 10.6 Å². The van der Waals surface area contributed by atoms with Gasteiger partial charge in [-0.1, -0.05) is 17.7 Å². The molecule has 1 aliphatic rings. The zero-order chi connectivity index (χ0) is 12.3. The normalized spacial score (nSPS) is 17.2. The van der Waals surface area contributed by atoms with Crippen LogP contribution in [0.5, 0.6) is 0 Å². The van der Waals surface area contributed by atoms with Crippen molar-refractivity contribution in [2.45, 2.75) is 18.9 Å². The van der Waals surface area contributed by atoms with Crippen LogP contribution < -0.4 is 5.32 Å². The molecule has 0 saturated heterocycles. The molecular formula is C13H15ClFNO. The molecule has 92 valence electrons. The van der Waals surface area contributed by atoms with Gasteiger partial charge in [0.1, 0.15) is 5.82 Å². The van der Waals surface area contributed by atoms with Crippen molar-refractivity contribution < 1.29 is 9.13 Å². The molecule has 0 aliphatic carbocycles. The molecule has 0 amide bonds. The highest BCUT2D eigenvalue weighted by molar-refractivity contribution is 6.30. The minimum atomic E-state index is -0.289. The molecular weight excluding hydrogens is 241 g/mol. The summed E-state index contributed by atoms with van der Waals surface area (Å²) in [6.07, 6.45) is 3.63. The first-order valence-electron chi connectivity index (χ1n) is 5.65. The highest BCUT2D eigenvalue weighted by atomic mass is 35.5. The third-order valence-electron chi connectivity index (χ3n) is 2.90. The van der Waals surface area contributed by atoms with E-state index in [1.807, 2.05) is 7.05 Å². The van der Waals surface area contributed by atoms with Gasteiger partial charge in [-0.25, -0.2) is 4.39 Å². The molecule has 0 bridgehead atoms. The second-order valence-corrected chi connectivity index (χ2v) is 4.49. The average molecular weight is 256 g/mol. The van der Waals surface area contributed by atoms with E-state index in [4.69, 9.17) is 16.3 Å². The predicted octanol–water partition coefficient (Wildman–Crippen LogP) is 3.43. The fourth-order valence-corrected chi connectivity index (χ4v) is 2.23. The maximum atomic E-state index is 13.9. The standard InChI is InChI=1S/C13H15ClFNO/c1-16-13(9-3-2-6-17-8-9)11-5-4-10(14)7-12(11)15/h4-5,7-8,13,16H,2-3,6H2,1H3. The summed E-state index contributed by atoms with van der Waals surface area (Å²) in [6, 6.07) is 4.61. The minimum absolute atomic E-state index is 0.146. The molecule has 0 spiro atoms. The summed E-state index contributed by atoms with van der Waals surface area (Å²) in [5.74, 6) is -0.289. The Morgan fingerprint density at radius 3 is 2.88 bits per heavy atom. The lowest BCUT2D eigenvalue weighted by atomic mass is 9.95. The first-order valence-corrected chi connectivity index (χ1v) is 6.03. The van der Waals surface area contributed by atoms with E-state index in [1.54, 1.807) is 18.4 Å². The van der Waals surface area contributed by atoms with E-state index in [1.165, 1.54) is 6.07 Å². The Bertz CT molecular complexity index is 433. The molecule has 2 nitrogen and oxygen atoms in total. The molecule has 0 radical (unpaired) electrons. The van der Waals surface area contributed by atoms with E-state index in [-0.39, 0.29) is 11.9 Å². The van der Waals surface area contributed by atoms with Gasteiger partial charge in [0.05, 0.1) is 18.9 Å². The SMILES string of the molecule is CNC(C1=COCCC1)c1ccc(Cl)cc1F. The van der Waals surface area contributed by atoms with E-state index < -0.39 is 0 Å². The monoisotopic (exact) mass is 255 g/mol. The third-order valence-corrected chi connectivity index (χ3v) is 3.13. The summed E-state index contributed by atoms with van der Waals surface area (Å²) in [4.78, 5) is 0. The third kappa shape index (κ3) is 2.79. The molecule has 1 atom stereocenters. The number of rotatable bonds is 3. The van der Waals surface area contributed by atoms with Gasteiger partial charge < -0.3 is 10.1 Å². The number of nitrogens with one attached hydrogen (secondary N) is 1. The maximum absolute atomic E-state index is 13.9. The highest BCUT2D eigenvalue weighted by Crippen LogP contribution is 2.30. The van der Waals surface area contributed by atoms with Crippen LogP contribution in [0.3, 0.4) is 0 Å². The molecule has 1 aromatic carbocycles. The van der Waals surface area contributed by atoms with Crippen molar-refractivity contribution in [2.24, 2.45) is 0 Å². The summed E-state index contributed by atoms with van der Waals surface area (Å²) in [5.41, 5.74) is 1.67. The molecule has 0 aromatic heterocycles. The average Bonchev–Trinajstić information content (AvgIpc) is 2.34. The Morgan fingerprint density at radius 2 is 2.29 bits per heavy atom. The van der Waals surface area contributed by atoms with Crippen LogP contribution in [0.4, 0.5) is 4.39 Å². The Labute approximate surface area is 105 Å². The van der Waals surface area contributed by atoms with Crippen molar-refractivity contribution >= 4 is 11.6 Å². The topological polar surface area (TPSA) is 21.3 Å². The Kier molecular flexibility index (Phi) is 4.02. The first kappa shape index (κ1) is 12.4. The second kappa shape index (κ2) is 5.52. The van der Waals surface area contributed by atoms with Crippen molar-refractivity contribution in [3.8, 4) is 0 Å². The van der Waals surface area contributed by atoms with Crippen LogP contribution in [0, 0.1) is 5.82 Å². The molecule has 1 N–H and O–H groups in total. The number of ether oxygens (including phenoxy) is 1. The van der Waals surface area contributed by atoms with Gasteiger partial charge in [-0.3, -0.25) is 0 Å². The molecule has 2 rings (SSSR count). The van der Waals surface area contributed by atoms with Crippen LogP contribution in [-0.2, 0) is 4.74 Å². The number of hydrogen-bond acceptors (Lipinski definition) is 2. The van der Waals surface area contributed by atoms with Crippen molar-refractivity contribution in [3.05, 3.63) is 46.4 Å². The molecule has 1 aliphatic heterocycles. The molecule has 1 aromatic rings. The fraction of sp³-hybridized carbons (Fsp3) is 0.385. The summed E-state index contributed by atoms with van der Waals surface area (Å²) in [5, 5.41) is 3.53. The zero-order valence-corrected chi connectivity index (χ0v) is 10.4. The fourth-order valence-electron chi connectivity index (χ4n) is 2.07. The summed E-state index contributed by atoms with van der Waals surface area (Å²) < 4.78 is 19.1. The van der Waals surface area contributed by atoms with Crippen LogP contribution >= 0.6 is 11.6 Å². The van der Waals surface area contributed by atoms with Gasteiger partial charge in [0.15, 0.2) is 0 Å². The van der Waals surface area contributed by atoms with Crippen molar-refractivity contribution in [1.82, 2.24) is 5.32 Å². The van der Waals surface area contributed by atoms with Gasteiger partial charge in [0.2, 0.25) is 0 Å². The van der Waals surface area contributed by atoms with E-state index in [2.05, 4.69) is 5.32 Å². The second-order valence-electron chi connectivity index (χ2n) is 4.05. The number of hydrogen-bond donors (Lipinski definition) is 1. The molecule has 0 fully saturated rings. The molecule has 17 heavy (non-hydrogen) atoms. The number of benzene rings is 1. The summed E-state index contributed by atoms with van der Waals surface area (Å²) >= 11 is 5.75. The van der Waals surface area contributed by atoms with Crippen LogP contribution in [0.25, 0.3) is 0 Å². The van der Waals surface area contributed by atoms with E-state index in [9.17, 15) is 4.39 Å². The number of likely N-dealkylation sites (N-methyl/N-ethyl adjacent to an activating group) is 1. The summed E-state index contributed by atoms with van der Waals surface area (Å²) in [6.45, 7) is 0.739. The van der Waals surface area contributed by atoms with Gasteiger partial charge >= 0.3 is 0 Å². The van der Waals surface area contributed by atoms with Gasteiger partial charge in [-0.05, 0) is 37.6 Å². The van der Waals surface area contributed by atoms with Crippen molar-refractivity contribution in [2.75, 3.05) is 13.7 Å². The van der Waals surface area contributed by atoms with Crippen LogP contribution in [-0.4, -0.2) is 13.7 Å². The molecule has 0 saturated carbocycles. The van der Waals surface area contributed by atoms with Crippen molar-refractivity contribution in [1.29, 1.82) is 0 Å². The first-order chi connectivity index (χ1) is 8.22. The van der Waals surface area contributed by atoms with Gasteiger partial charge in [0, 0.05) is 10.6 Å². The van der Waals surface area contributed by atoms with E-state index >= 15 is 0 Å². The van der Waals surface area contributed by atoms with E-state index in [0.717, 1.165) is 25.0 Å².